The fourth-order valence-electron chi connectivity index (χ4n) is 3.89. The number of ether oxygens (including phenoxy) is 1. The van der Waals surface area contributed by atoms with Crippen molar-refractivity contribution in [2.75, 3.05) is 52.5 Å². The summed E-state index contributed by atoms with van der Waals surface area (Å²) < 4.78 is 5.30. The predicted octanol–water partition coefficient (Wildman–Crippen LogP) is -1.06. The molecule has 2 atom stereocenters. The van der Waals surface area contributed by atoms with Crippen LogP contribution in [0.5, 0.6) is 0 Å². The molecule has 11 heteroatoms. The largest absolute Gasteiger partial charge is 0.378 e. The zero-order valence-corrected chi connectivity index (χ0v) is 17.7. The maximum atomic E-state index is 13.1. The van der Waals surface area contributed by atoms with Gasteiger partial charge >= 0.3 is 12.1 Å². The molecule has 3 N–H and O–H groups in total. The topological polar surface area (TPSA) is 123 Å². The first-order valence-corrected chi connectivity index (χ1v) is 10.6. The van der Waals surface area contributed by atoms with Gasteiger partial charge in [0.15, 0.2) is 0 Å². The van der Waals surface area contributed by atoms with Gasteiger partial charge in [0.1, 0.15) is 12.1 Å². The summed E-state index contributed by atoms with van der Waals surface area (Å²) in [6, 6.07) is -2.07. The number of piperazine rings is 1. The highest BCUT2D eigenvalue weighted by atomic mass is 16.5. The number of carbonyl (C=O) groups excluding carboxylic acids is 4. The molecule has 0 aliphatic carbocycles. The Kier molecular flexibility index (Phi) is 7.35. The highest BCUT2D eigenvalue weighted by molar-refractivity contribution is 5.93. The van der Waals surface area contributed by atoms with Gasteiger partial charge < -0.3 is 35.4 Å². The predicted molar refractivity (Wildman–Crippen MR) is 108 cm³/mol. The fourth-order valence-corrected chi connectivity index (χ4v) is 3.89. The first-order chi connectivity index (χ1) is 14.4. The molecule has 3 rings (SSSR count). The molecular weight excluding hydrogens is 392 g/mol. The molecule has 6 amide bonds. The SMILES string of the molecule is CC(C)NC(=O)N1CCN(C(=O)N2CCOCC2)CC1C(=O)NC1CCCNC1=O. The summed E-state index contributed by atoms with van der Waals surface area (Å²) in [6.07, 6.45) is 1.33. The molecule has 2 unspecified atom stereocenters. The minimum Gasteiger partial charge on any atom is -0.378 e. The third-order valence-corrected chi connectivity index (χ3v) is 5.51. The van der Waals surface area contributed by atoms with Crippen molar-refractivity contribution in [1.29, 1.82) is 0 Å². The molecule has 3 aliphatic heterocycles. The Labute approximate surface area is 176 Å². The van der Waals surface area contributed by atoms with Crippen LogP contribution in [-0.4, -0.2) is 109 Å². The van der Waals surface area contributed by atoms with Crippen molar-refractivity contribution in [2.45, 2.75) is 44.8 Å². The van der Waals surface area contributed by atoms with E-state index in [2.05, 4.69) is 16.0 Å². The molecule has 0 saturated carbocycles. The van der Waals surface area contributed by atoms with Crippen LogP contribution in [0.4, 0.5) is 9.59 Å². The van der Waals surface area contributed by atoms with Crippen molar-refractivity contribution in [3.05, 3.63) is 0 Å². The second-order valence-corrected chi connectivity index (χ2v) is 8.14. The number of hydrogen-bond donors (Lipinski definition) is 3. The summed E-state index contributed by atoms with van der Waals surface area (Å²) in [5.74, 6) is -0.639. The molecule has 3 aliphatic rings. The highest BCUT2D eigenvalue weighted by Gasteiger charge is 2.39. The average molecular weight is 425 g/mol. The number of amides is 6. The summed E-state index contributed by atoms with van der Waals surface area (Å²) in [6.45, 7) is 6.94. The van der Waals surface area contributed by atoms with Crippen molar-refractivity contribution in [2.24, 2.45) is 0 Å². The number of rotatable bonds is 3. The van der Waals surface area contributed by atoms with Crippen molar-refractivity contribution in [3.63, 3.8) is 0 Å². The van der Waals surface area contributed by atoms with Gasteiger partial charge in [0, 0.05) is 38.8 Å². The molecule has 3 fully saturated rings. The highest BCUT2D eigenvalue weighted by Crippen LogP contribution is 2.15. The molecule has 0 aromatic heterocycles. The van der Waals surface area contributed by atoms with Gasteiger partial charge in [0.25, 0.3) is 0 Å². The molecule has 3 saturated heterocycles. The van der Waals surface area contributed by atoms with E-state index in [1.165, 1.54) is 4.90 Å². The maximum Gasteiger partial charge on any atom is 0.320 e. The van der Waals surface area contributed by atoms with Gasteiger partial charge in [0.05, 0.1) is 19.8 Å². The molecule has 30 heavy (non-hydrogen) atoms. The standard InChI is InChI=1S/C19H32N6O5/c1-13(2)21-18(28)25-7-6-24(19(29)23-8-10-30-11-9-23)12-15(25)17(27)22-14-4-3-5-20-16(14)26/h13-15H,3-12H2,1-2H3,(H,20,26)(H,21,28)(H,22,27). The molecule has 0 spiro atoms. The first-order valence-electron chi connectivity index (χ1n) is 10.6. The Morgan fingerprint density at radius 2 is 1.83 bits per heavy atom. The van der Waals surface area contributed by atoms with Gasteiger partial charge in [-0.2, -0.15) is 0 Å². The minimum absolute atomic E-state index is 0.0849. The summed E-state index contributed by atoms with van der Waals surface area (Å²) in [5, 5.41) is 8.33. The molecule has 11 nitrogen and oxygen atoms in total. The molecule has 0 bridgehead atoms. The van der Waals surface area contributed by atoms with Crippen LogP contribution in [0.2, 0.25) is 0 Å². The number of hydrogen-bond acceptors (Lipinski definition) is 5. The number of urea groups is 2. The van der Waals surface area contributed by atoms with Crippen LogP contribution in [0.1, 0.15) is 26.7 Å². The lowest BCUT2D eigenvalue weighted by Crippen LogP contribution is -2.66. The quantitative estimate of drug-likeness (QED) is 0.533. The van der Waals surface area contributed by atoms with E-state index in [4.69, 9.17) is 4.74 Å². The second kappa shape index (κ2) is 9.96. The number of nitrogens with zero attached hydrogens (tertiary/aromatic N) is 3. The maximum absolute atomic E-state index is 13.1. The second-order valence-electron chi connectivity index (χ2n) is 8.14. The molecule has 0 aromatic carbocycles. The van der Waals surface area contributed by atoms with Gasteiger partial charge in [-0.1, -0.05) is 0 Å². The monoisotopic (exact) mass is 424 g/mol. The summed E-state index contributed by atoms with van der Waals surface area (Å²) in [7, 11) is 0. The van der Waals surface area contributed by atoms with Gasteiger partial charge in [-0.15, -0.1) is 0 Å². The Balaban J connectivity index is 1.71. The Bertz CT molecular complexity index is 666. The van der Waals surface area contributed by atoms with Crippen molar-refractivity contribution in [1.82, 2.24) is 30.7 Å². The molecular formula is C19H32N6O5. The molecule has 0 radical (unpaired) electrons. The number of piperidine rings is 1. The normalized spacial score (nSPS) is 25.0. The van der Waals surface area contributed by atoms with Crippen LogP contribution >= 0.6 is 0 Å². The van der Waals surface area contributed by atoms with Crippen molar-refractivity contribution in [3.8, 4) is 0 Å². The van der Waals surface area contributed by atoms with Crippen molar-refractivity contribution < 1.29 is 23.9 Å². The van der Waals surface area contributed by atoms with E-state index in [0.717, 1.165) is 6.42 Å². The van der Waals surface area contributed by atoms with Crippen LogP contribution < -0.4 is 16.0 Å². The Morgan fingerprint density at radius 1 is 1.10 bits per heavy atom. The smallest absolute Gasteiger partial charge is 0.320 e. The van der Waals surface area contributed by atoms with E-state index >= 15 is 0 Å². The molecule has 168 valence electrons. The van der Waals surface area contributed by atoms with Crippen LogP contribution in [0.25, 0.3) is 0 Å². The Hall–Kier alpha value is -2.56. The lowest BCUT2D eigenvalue weighted by Gasteiger charge is -2.43. The van der Waals surface area contributed by atoms with Gasteiger partial charge in [0.2, 0.25) is 11.8 Å². The van der Waals surface area contributed by atoms with Crippen LogP contribution in [-0.2, 0) is 14.3 Å². The number of carbonyl (C=O) groups is 4. The molecule has 3 heterocycles. The minimum atomic E-state index is -0.864. The first kappa shape index (κ1) is 22.1. The Morgan fingerprint density at radius 3 is 2.50 bits per heavy atom. The van der Waals surface area contributed by atoms with Crippen LogP contribution in [0, 0.1) is 0 Å². The summed E-state index contributed by atoms with van der Waals surface area (Å²) in [4.78, 5) is 55.5. The number of nitrogens with one attached hydrogen (secondary N) is 3. The van der Waals surface area contributed by atoms with Gasteiger partial charge in [-0.3, -0.25) is 9.59 Å². The third-order valence-electron chi connectivity index (χ3n) is 5.51. The zero-order chi connectivity index (χ0) is 21.7. The van der Waals surface area contributed by atoms with Gasteiger partial charge in [-0.25, -0.2) is 9.59 Å². The van der Waals surface area contributed by atoms with Crippen LogP contribution in [0.15, 0.2) is 0 Å². The van der Waals surface area contributed by atoms with Gasteiger partial charge in [-0.05, 0) is 26.7 Å². The lowest BCUT2D eigenvalue weighted by molar-refractivity contribution is -0.133. The van der Waals surface area contributed by atoms with E-state index in [1.54, 1.807) is 9.80 Å². The van der Waals surface area contributed by atoms with Crippen LogP contribution in [0.3, 0.4) is 0 Å². The van der Waals surface area contributed by atoms with E-state index in [1.807, 2.05) is 13.8 Å². The average Bonchev–Trinajstić information content (AvgIpc) is 2.74. The fraction of sp³-hybridized carbons (Fsp3) is 0.789. The summed E-state index contributed by atoms with van der Waals surface area (Å²) >= 11 is 0. The van der Waals surface area contributed by atoms with E-state index in [0.29, 0.717) is 45.8 Å². The number of morpholine rings is 1. The van der Waals surface area contributed by atoms with E-state index in [-0.39, 0.29) is 37.1 Å². The lowest BCUT2D eigenvalue weighted by atomic mass is 10.1. The van der Waals surface area contributed by atoms with E-state index in [9.17, 15) is 19.2 Å². The third kappa shape index (κ3) is 5.32. The molecule has 0 aromatic rings. The zero-order valence-electron chi connectivity index (χ0n) is 17.7. The van der Waals surface area contributed by atoms with E-state index < -0.39 is 18.0 Å². The van der Waals surface area contributed by atoms with Crippen molar-refractivity contribution >= 4 is 23.9 Å². The summed E-state index contributed by atoms with van der Waals surface area (Å²) in [5.41, 5.74) is 0.